The Hall–Kier alpha value is -2.66. The van der Waals surface area contributed by atoms with Gasteiger partial charge in [0.2, 0.25) is 5.13 Å². The molecule has 0 saturated heterocycles. The van der Waals surface area contributed by atoms with Gasteiger partial charge in [0.05, 0.1) is 18.7 Å². The summed E-state index contributed by atoms with van der Waals surface area (Å²) >= 11 is 0.742. The number of benzene rings is 1. The van der Waals surface area contributed by atoms with Crippen molar-refractivity contribution in [2.24, 2.45) is 11.0 Å². The Labute approximate surface area is 154 Å². The number of hydrogen-bond acceptors (Lipinski definition) is 8. The minimum atomic E-state index is -5.06. The van der Waals surface area contributed by atoms with Crippen molar-refractivity contribution in [3.05, 3.63) is 40.9 Å². The van der Waals surface area contributed by atoms with E-state index in [1.54, 1.807) is 24.3 Å². The van der Waals surface area contributed by atoms with Crippen LogP contribution in [0.1, 0.15) is 16.1 Å². The first-order chi connectivity index (χ1) is 12.8. The third kappa shape index (κ3) is 2.49. The number of para-hydroxylation sites is 1. The highest BCUT2D eigenvalue weighted by atomic mass is 32.1. The van der Waals surface area contributed by atoms with Crippen molar-refractivity contribution >= 4 is 28.1 Å². The van der Waals surface area contributed by atoms with Gasteiger partial charge in [0.1, 0.15) is 12.4 Å². The highest BCUT2D eigenvalue weighted by Gasteiger charge is 2.69. The number of aromatic nitrogens is 1. The van der Waals surface area contributed by atoms with Gasteiger partial charge in [-0.1, -0.05) is 12.1 Å². The number of rotatable bonds is 2. The predicted octanol–water partition coefficient (Wildman–Crippen LogP) is 2.41. The van der Waals surface area contributed by atoms with Crippen LogP contribution in [-0.2, 0) is 4.74 Å². The third-order valence-electron chi connectivity index (χ3n) is 4.40. The van der Waals surface area contributed by atoms with Gasteiger partial charge in [-0.25, -0.2) is 9.78 Å². The lowest BCUT2D eigenvalue weighted by atomic mass is 9.86. The quantitative estimate of drug-likeness (QED) is 0.781. The molecule has 0 aliphatic carbocycles. The number of anilines is 1. The molecule has 27 heavy (non-hydrogen) atoms. The fraction of sp³-hybridized carbons (Fsp3) is 0.312. The Balaban J connectivity index is 1.85. The minimum Gasteiger partial charge on any atom is -0.492 e. The first kappa shape index (κ1) is 17.7. The molecule has 2 aliphatic heterocycles. The molecule has 11 heteroatoms. The standard InChI is InChI=1S/C16H12F3N3O4S/c1-25-13(23)10-7-27-14(20-10)22-15(24,16(17,18)19)9-6-26-11-5-3-2-4-8(11)12(9)21-22/h2-5,7,9,24H,6H2,1H3/t9-,15-/m0/s1. The molecule has 0 saturated carbocycles. The number of alkyl halides is 3. The Kier molecular flexibility index (Phi) is 3.89. The first-order valence-corrected chi connectivity index (χ1v) is 8.59. The number of halogens is 3. The summed E-state index contributed by atoms with van der Waals surface area (Å²) < 4.78 is 51.7. The number of methoxy groups -OCH3 is 1. The molecule has 1 aromatic carbocycles. The number of carbonyl (C=O) groups excluding carboxylic acids is 1. The Bertz CT molecular complexity index is 945. The molecule has 7 nitrogen and oxygen atoms in total. The maximum atomic E-state index is 13.9. The van der Waals surface area contributed by atoms with Crippen molar-refractivity contribution in [3.63, 3.8) is 0 Å². The molecular weight excluding hydrogens is 387 g/mol. The fourth-order valence-electron chi connectivity index (χ4n) is 3.07. The van der Waals surface area contributed by atoms with Gasteiger partial charge in [-0.15, -0.1) is 11.3 Å². The summed E-state index contributed by atoms with van der Waals surface area (Å²) in [5, 5.41) is 16.1. The van der Waals surface area contributed by atoms with Gasteiger partial charge in [0, 0.05) is 10.9 Å². The largest absolute Gasteiger partial charge is 0.492 e. The number of hydrogen-bond donors (Lipinski definition) is 1. The Morgan fingerprint density at radius 2 is 2.19 bits per heavy atom. The van der Waals surface area contributed by atoms with Gasteiger partial charge in [-0.05, 0) is 12.1 Å². The summed E-state index contributed by atoms with van der Waals surface area (Å²) in [4.78, 5) is 15.4. The molecular formula is C16H12F3N3O4S. The molecule has 1 N–H and O–H groups in total. The molecule has 0 fully saturated rings. The number of fused-ring (bicyclic) bond motifs is 3. The number of esters is 1. The van der Waals surface area contributed by atoms with Crippen LogP contribution in [0.4, 0.5) is 18.3 Å². The van der Waals surface area contributed by atoms with Crippen LogP contribution in [0, 0.1) is 5.92 Å². The summed E-state index contributed by atoms with van der Waals surface area (Å²) in [7, 11) is 1.13. The number of aliphatic hydroxyl groups is 1. The van der Waals surface area contributed by atoms with E-state index in [1.807, 2.05) is 0 Å². The number of hydrazone groups is 1. The molecule has 2 atom stereocenters. The Morgan fingerprint density at radius 3 is 2.89 bits per heavy atom. The number of ether oxygens (including phenoxy) is 2. The lowest BCUT2D eigenvalue weighted by Crippen LogP contribution is -2.61. The topological polar surface area (TPSA) is 84.2 Å². The summed E-state index contributed by atoms with van der Waals surface area (Å²) in [6.45, 7) is -0.405. The molecule has 2 aliphatic rings. The number of nitrogens with zero attached hydrogens (tertiary/aromatic N) is 3. The molecule has 0 amide bonds. The molecule has 1 aromatic heterocycles. The van der Waals surface area contributed by atoms with Crippen molar-refractivity contribution in [2.45, 2.75) is 11.9 Å². The van der Waals surface area contributed by atoms with Crippen molar-refractivity contribution < 1.29 is 32.5 Å². The van der Waals surface area contributed by atoms with Gasteiger partial charge in [0.15, 0.2) is 5.69 Å². The zero-order chi connectivity index (χ0) is 19.4. The fourth-order valence-corrected chi connectivity index (χ4v) is 3.87. The highest BCUT2D eigenvalue weighted by molar-refractivity contribution is 7.14. The average molecular weight is 399 g/mol. The SMILES string of the molecule is COC(=O)c1csc(N2N=C3c4ccccc4OC[C@@H]3[C@]2(O)C(F)(F)F)n1. The second kappa shape index (κ2) is 5.92. The van der Waals surface area contributed by atoms with Crippen LogP contribution >= 0.6 is 11.3 Å². The summed E-state index contributed by atoms with van der Waals surface area (Å²) in [5.74, 6) is -1.89. The van der Waals surface area contributed by atoms with Gasteiger partial charge in [0.25, 0.3) is 5.72 Å². The van der Waals surface area contributed by atoms with E-state index in [9.17, 15) is 23.1 Å². The van der Waals surface area contributed by atoms with Gasteiger partial charge in [-0.3, -0.25) is 0 Å². The monoisotopic (exact) mass is 399 g/mol. The molecule has 0 bridgehead atoms. The van der Waals surface area contributed by atoms with Gasteiger partial charge in [-0.2, -0.15) is 23.3 Å². The van der Waals surface area contributed by atoms with Gasteiger partial charge >= 0.3 is 12.1 Å². The zero-order valence-corrected chi connectivity index (χ0v) is 14.5. The lowest BCUT2D eigenvalue weighted by molar-refractivity contribution is -0.270. The maximum absolute atomic E-state index is 13.9. The van der Waals surface area contributed by atoms with E-state index in [1.165, 1.54) is 5.38 Å². The van der Waals surface area contributed by atoms with Crippen LogP contribution in [0.3, 0.4) is 0 Å². The molecule has 2 aromatic rings. The van der Waals surface area contributed by atoms with Crippen LogP contribution in [0.2, 0.25) is 0 Å². The molecule has 3 heterocycles. The summed E-state index contributed by atoms with van der Waals surface area (Å²) in [5.41, 5.74) is -3.12. The van der Waals surface area contributed by atoms with E-state index in [0.29, 0.717) is 16.3 Å². The molecule has 4 rings (SSSR count). The number of carbonyl (C=O) groups is 1. The maximum Gasteiger partial charge on any atom is 0.439 e. The first-order valence-electron chi connectivity index (χ1n) is 7.71. The number of thiazole rings is 1. The normalized spacial score (nSPS) is 24.0. The minimum absolute atomic E-state index is 0.0477. The highest BCUT2D eigenvalue weighted by Crippen LogP contribution is 2.49. The van der Waals surface area contributed by atoms with Crippen LogP contribution in [0.5, 0.6) is 5.75 Å². The van der Waals surface area contributed by atoms with Crippen LogP contribution in [-0.4, -0.2) is 47.4 Å². The van der Waals surface area contributed by atoms with Crippen LogP contribution in [0.15, 0.2) is 34.7 Å². The van der Waals surface area contributed by atoms with E-state index in [4.69, 9.17) is 4.74 Å². The molecule has 142 valence electrons. The second-order valence-electron chi connectivity index (χ2n) is 5.89. The van der Waals surface area contributed by atoms with E-state index in [-0.39, 0.29) is 16.5 Å². The third-order valence-corrected chi connectivity index (χ3v) is 5.22. The van der Waals surface area contributed by atoms with E-state index in [2.05, 4.69) is 14.8 Å². The van der Waals surface area contributed by atoms with Crippen molar-refractivity contribution in [2.75, 3.05) is 18.7 Å². The van der Waals surface area contributed by atoms with E-state index < -0.39 is 30.4 Å². The van der Waals surface area contributed by atoms with E-state index in [0.717, 1.165) is 18.4 Å². The van der Waals surface area contributed by atoms with Crippen LogP contribution in [0.25, 0.3) is 0 Å². The smallest absolute Gasteiger partial charge is 0.439 e. The van der Waals surface area contributed by atoms with Gasteiger partial charge < -0.3 is 14.6 Å². The average Bonchev–Trinajstić information content (AvgIpc) is 3.24. The lowest BCUT2D eigenvalue weighted by Gasteiger charge is -2.38. The summed E-state index contributed by atoms with van der Waals surface area (Å²) in [6.07, 6.45) is -5.06. The molecule has 0 spiro atoms. The van der Waals surface area contributed by atoms with Crippen molar-refractivity contribution in [3.8, 4) is 5.75 Å². The van der Waals surface area contributed by atoms with Crippen LogP contribution < -0.4 is 9.75 Å². The summed E-state index contributed by atoms with van der Waals surface area (Å²) in [6, 6.07) is 6.51. The van der Waals surface area contributed by atoms with E-state index >= 15 is 0 Å². The molecule has 0 radical (unpaired) electrons. The molecule has 0 unspecified atom stereocenters. The zero-order valence-electron chi connectivity index (χ0n) is 13.7. The van der Waals surface area contributed by atoms with Crippen molar-refractivity contribution in [1.82, 2.24) is 4.98 Å². The predicted molar refractivity (Wildman–Crippen MR) is 88.9 cm³/mol. The Morgan fingerprint density at radius 1 is 1.44 bits per heavy atom. The van der Waals surface area contributed by atoms with Crippen molar-refractivity contribution in [1.29, 1.82) is 0 Å². The second-order valence-corrected chi connectivity index (χ2v) is 6.72.